The first kappa shape index (κ1) is 8.47. The van der Waals surface area contributed by atoms with Crippen LogP contribution >= 0.6 is 0 Å². The number of nitrogens with zero attached hydrogens (tertiary/aromatic N) is 2. The molecule has 0 unspecified atom stereocenters. The molecule has 0 bridgehead atoms. The summed E-state index contributed by atoms with van der Waals surface area (Å²) in [6, 6.07) is 0. The van der Waals surface area contributed by atoms with Gasteiger partial charge in [0, 0.05) is 25.2 Å². The molecular formula is C9H16N2. The predicted molar refractivity (Wildman–Crippen MR) is 49.2 cm³/mol. The molecule has 11 heavy (non-hydrogen) atoms. The third kappa shape index (κ3) is 3.33. The van der Waals surface area contributed by atoms with E-state index in [1.54, 1.807) is 0 Å². The average molecular weight is 152 g/mol. The fraction of sp³-hybridized carbons (Fsp3) is 0.667. The standard InChI is InChI=1S/C9H16N2/c1-11(2)8-6-9-5-3-4-7-10-9/h3,5H,4,6-8H2,1-2H3. The quantitative estimate of drug-likeness (QED) is 0.596. The van der Waals surface area contributed by atoms with Gasteiger partial charge in [-0.1, -0.05) is 6.08 Å². The third-order valence-corrected chi connectivity index (χ3v) is 1.74. The highest BCUT2D eigenvalue weighted by atomic mass is 15.0. The summed E-state index contributed by atoms with van der Waals surface area (Å²) in [5.41, 5.74) is 1.25. The molecule has 0 atom stereocenters. The number of aliphatic imine (C=N–C) groups is 1. The van der Waals surface area contributed by atoms with Gasteiger partial charge in [0.15, 0.2) is 0 Å². The van der Waals surface area contributed by atoms with E-state index in [1.165, 1.54) is 5.71 Å². The Balaban J connectivity index is 2.25. The number of rotatable bonds is 3. The van der Waals surface area contributed by atoms with Gasteiger partial charge >= 0.3 is 0 Å². The molecule has 2 heteroatoms. The minimum Gasteiger partial charge on any atom is -0.309 e. The molecule has 0 aliphatic carbocycles. The summed E-state index contributed by atoms with van der Waals surface area (Å²) in [4.78, 5) is 6.59. The largest absolute Gasteiger partial charge is 0.309 e. The van der Waals surface area contributed by atoms with E-state index in [0.717, 1.165) is 25.9 Å². The second-order valence-electron chi connectivity index (χ2n) is 3.12. The molecule has 1 aliphatic heterocycles. The van der Waals surface area contributed by atoms with Crippen LogP contribution in [0.2, 0.25) is 0 Å². The lowest BCUT2D eigenvalue weighted by Gasteiger charge is -2.10. The molecule has 1 aliphatic rings. The molecule has 0 aromatic rings. The number of hydrogen-bond donors (Lipinski definition) is 0. The van der Waals surface area contributed by atoms with Crippen LogP contribution in [-0.4, -0.2) is 37.8 Å². The lowest BCUT2D eigenvalue weighted by Crippen LogP contribution is -2.16. The van der Waals surface area contributed by atoms with Crippen LogP contribution in [0.3, 0.4) is 0 Å². The zero-order chi connectivity index (χ0) is 8.10. The fourth-order valence-corrected chi connectivity index (χ4v) is 1.06. The molecule has 0 aromatic carbocycles. The summed E-state index contributed by atoms with van der Waals surface area (Å²) in [5.74, 6) is 0. The highest BCUT2D eigenvalue weighted by Gasteiger charge is 1.98. The first-order valence-electron chi connectivity index (χ1n) is 4.13. The monoisotopic (exact) mass is 152 g/mol. The van der Waals surface area contributed by atoms with Crippen LogP contribution in [0.5, 0.6) is 0 Å². The van der Waals surface area contributed by atoms with E-state index in [1.807, 2.05) is 0 Å². The smallest absolute Gasteiger partial charge is 0.0427 e. The van der Waals surface area contributed by atoms with Crippen LogP contribution in [-0.2, 0) is 0 Å². The second-order valence-corrected chi connectivity index (χ2v) is 3.12. The van der Waals surface area contributed by atoms with E-state index >= 15 is 0 Å². The summed E-state index contributed by atoms with van der Waals surface area (Å²) < 4.78 is 0. The van der Waals surface area contributed by atoms with Crippen molar-refractivity contribution in [2.24, 2.45) is 4.99 Å². The Morgan fingerprint density at radius 1 is 1.55 bits per heavy atom. The van der Waals surface area contributed by atoms with Gasteiger partial charge in [-0.2, -0.15) is 0 Å². The Morgan fingerprint density at radius 3 is 2.91 bits per heavy atom. The lowest BCUT2D eigenvalue weighted by molar-refractivity contribution is 0.422. The zero-order valence-corrected chi connectivity index (χ0v) is 7.38. The minimum atomic E-state index is 0.985. The van der Waals surface area contributed by atoms with Crippen molar-refractivity contribution in [2.75, 3.05) is 27.2 Å². The SMILES string of the molecule is CN(C)CCC1=NCCC=C1. The Labute approximate surface area is 68.6 Å². The van der Waals surface area contributed by atoms with Gasteiger partial charge in [0.05, 0.1) is 0 Å². The van der Waals surface area contributed by atoms with E-state index in [4.69, 9.17) is 0 Å². The van der Waals surface area contributed by atoms with Crippen molar-refractivity contribution >= 4 is 5.71 Å². The van der Waals surface area contributed by atoms with Gasteiger partial charge in [-0.25, -0.2) is 0 Å². The number of allylic oxidation sites excluding steroid dienone is 1. The van der Waals surface area contributed by atoms with Crippen molar-refractivity contribution in [3.05, 3.63) is 12.2 Å². The molecule has 0 aromatic heterocycles. The number of hydrogen-bond acceptors (Lipinski definition) is 2. The molecule has 0 radical (unpaired) electrons. The molecular weight excluding hydrogens is 136 g/mol. The first-order chi connectivity index (χ1) is 5.29. The van der Waals surface area contributed by atoms with Crippen molar-refractivity contribution in [3.8, 4) is 0 Å². The van der Waals surface area contributed by atoms with Gasteiger partial charge in [-0.3, -0.25) is 4.99 Å². The molecule has 1 heterocycles. The van der Waals surface area contributed by atoms with Gasteiger partial charge < -0.3 is 4.90 Å². The molecule has 0 fully saturated rings. The number of dihydropyridines is 1. The molecule has 2 nitrogen and oxygen atoms in total. The summed E-state index contributed by atoms with van der Waals surface area (Å²) in [7, 11) is 4.18. The van der Waals surface area contributed by atoms with Crippen molar-refractivity contribution in [1.82, 2.24) is 4.90 Å². The fourth-order valence-electron chi connectivity index (χ4n) is 1.06. The van der Waals surface area contributed by atoms with Gasteiger partial charge in [0.25, 0.3) is 0 Å². The molecule has 0 saturated heterocycles. The summed E-state index contributed by atoms with van der Waals surface area (Å²) >= 11 is 0. The van der Waals surface area contributed by atoms with Crippen molar-refractivity contribution in [2.45, 2.75) is 12.8 Å². The first-order valence-corrected chi connectivity index (χ1v) is 4.13. The molecule has 0 amide bonds. The molecule has 62 valence electrons. The van der Waals surface area contributed by atoms with Crippen LogP contribution in [0, 0.1) is 0 Å². The van der Waals surface area contributed by atoms with Crippen LogP contribution < -0.4 is 0 Å². The molecule has 1 rings (SSSR count). The van der Waals surface area contributed by atoms with Crippen LogP contribution in [0.1, 0.15) is 12.8 Å². The predicted octanol–water partition coefficient (Wildman–Crippen LogP) is 1.34. The minimum absolute atomic E-state index is 0.985. The zero-order valence-electron chi connectivity index (χ0n) is 7.38. The van der Waals surface area contributed by atoms with E-state index < -0.39 is 0 Å². The topological polar surface area (TPSA) is 15.6 Å². The summed E-state index contributed by atoms with van der Waals surface area (Å²) in [6.45, 7) is 2.09. The maximum Gasteiger partial charge on any atom is 0.0427 e. The Hall–Kier alpha value is -0.630. The molecule has 0 saturated carbocycles. The van der Waals surface area contributed by atoms with E-state index in [-0.39, 0.29) is 0 Å². The maximum atomic E-state index is 4.40. The van der Waals surface area contributed by atoms with Gasteiger partial charge in [0.2, 0.25) is 0 Å². The Bertz CT molecular complexity index is 168. The highest BCUT2D eigenvalue weighted by Crippen LogP contribution is 1.99. The van der Waals surface area contributed by atoms with E-state index in [2.05, 4.69) is 36.1 Å². The molecule has 0 N–H and O–H groups in total. The average Bonchev–Trinajstić information content (AvgIpc) is 2.03. The van der Waals surface area contributed by atoms with E-state index in [9.17, 15) is 0 Å². The van der Waals surface area contributed by atoms with Crippen molar-refractivity contribution < 1.29 is 0 Å². The van der Waals surface area contributed by atoms with Gasteiger partial charge in [-0.15, -0.1) is 0 Å². The Kier molecular flexibility index (Phi) is 3.30. The normalized spacial score (nSPS) is 17.2. The van der Waals surface area contributed by atoms with E-state index in [0.29, 0.717) is 0 Å². The van der Waals surface area contributed by atoms with Crippen LogP contribution in [0.25, 0.3) is 0 Å². The van der Waals surface area contributed by atoms with Gasteiger partial charge in [-0.05, 0) is 26.6 Å². The second kappa shape index (κ2) is 4.29. The third-order valence-electron chi connectivity index (χ3n) is 1.74. The van der Waals surface area contributed by atoms with Crippen LogP contribution in [0.15, 0.2) is 17.1 Å². The van der Waals surface area contributed by atoms with Crippen molar-refractivity contribution in [1.29, 1.82) is 0 Å². The van der Waals surface area contributed by atoms with Gasteiger partial charge in [0.1, 0.15) is 0 Å². The lowest BCUT2D eigenvalue weighted by atomic mass is 10.2. The molecule has 0 spiro atoms. The van der Waals surface area contributed by atoms with Crippen LogP contribution in [0.4, 0.5) is 0 Å². The Morgan fingerprint density at radius 2 is 2.36 bits per heavy atom. The summed E-state index contributed by atoms with van der Waals surface area (Å²) in [5, 5.41) is 0. The highest BCUT2D eigenvalue weighted by molar-refractivity contribution is 5.95. The summed E-state index contributed by atoms with van der Waals surface area (Å²) in [6.07, 6.45) is 6.56. The van der Waals surface area contributed by atoms with Crippen molar-refractivity contribution in [3.63, 3.8) is 0 Å². The maximum absolute atomic E-state index is 4.40.